The summed E-state index contributed by atoms with van der Waals surface area (Å²) in [4.78, 5) is 14.4. The number of benzene rings is 1. The lowest BCUT2D eigenvalue weighted by Gasteiger charge is -2.21. The van der Waals surface area contributed by atoms with Gasteiger partial charge in [-0.1, -0.05) is 20.8 Å². The molecule has 0 saturated carbocycles. The molecule has 112 valence electrons. The minimum absolute atomic E-state index is 0.0939. The summed E-state index contributed by atoms with van der Waals surface area (Å²) in [5.74, 6) is 0.886. The van der Waals surface area contributed by atoms with Crippen LogP contribution in [0.5, 0.6) is 5.75 Å². The number of hydrogen-bond donors (Lipinski definition) is 0. The van der Waals surface area contributed by atoms with Crippen molar-refractivity contribution in [2.24, 2.45) is 0 Å². The zero-order valence-corrected chi connectivity index (χ0v) is 14.2. The largest absolute Gasteiger partial charge is 0.492 e. The summed E-state index contributed by atoms with van der Waals surface area (Å²) < 4.78 is 6.44. The van der Waals surface area contributed by atoms with Crippen LogP contribution in [0.15, 0.2) is 22.7 Å². The van der Waals surface area contributed by atoms with Gasteiger partial charge >= 0.3 is 0 Å². The fourth-order valence-electron chi connectivity index (χ4n) is 2.00. The van der Waals surface area contributed by atoms with Crippen molar-refractivity contribution in [3.8, 4) is 5.75 Å². The molecule has 0 fully saturated rings. The van der Waals surface area contributed by atoms with Crippen LogP contribution in [0.1, 0.15) is 50.4 Å². The predicted molar refractivity (Wildman–Crippen MR) is 86.4 cm³/mol. The van der Waals surface area contributed by atoms with Gasteiger partial charge in [0.2, 0.25) is 0 Å². The third-order valence-electron chi connectivity index (χ3n) is 2.91. The average Bonchev–Trinajstić information content (AvgIpc) is 2.45. The Morgan fingerprint density at radius 3 is 2.30 bits per heavy atom. The lowest BCUT2D eigenvalue weighted by atomic mass is 10.2. The zero-order chi connectivity index (χ0) is 15.0. The lowest BCUT2D eigenvalue weighted by Crippen LogP contribution is -2.32. The minimum atomic E-state index is 0.0939. The van der Waals surface area contributed by atoms with Crippen molar-refractivity contribution in [3.05, 3.63) is 28.2 Å². The van der Waals surface area contributed by atoms with Crippen molar-refractivity contribution in [2.75, 3.05) is 19.7 Å². The van der Waals surface area contributed by atoms with Gasteiger partial charge in [-0.3, -0.25) is 4.79 Å². The average molecular weight is 342 g/mol. The molecule has 0 aromatic heterocycles. The monoisotopic (exact) mass is 341 g/mol. The highest BCUT2D eigenvalue weighted by Gasteiger charge is 2.15. The van der Waals surface area contributed by atoms with E-state index in [0.717, 1.165) is 42.6 Å². The van der Waals surface area contributed by atoms with Crippen LogP contribution in [0.3, 0.4) is 0 Å². The van der Waals surface area contributed by atoms with Gasteiger partial charge in [0.05, 0.1) is 11.1 Å². The van der Waals surface area contributed by atoms with Crippen molar-refractivity contribution >= 4 is 21.8 Å². The maximum atomic E-state index is 12.5. The van der Waals surface area contributed by atoms with Crippen LogP contribution in [0.2, 0.25) is 0 Å². The van der Waals surface area contributed by atoms with E-state index in [1.807, 2.05) is 23.1 Å². The number of halogens is 1. The molecule has 0 saturated heterocycles. The van der Waals surface area contributed by atoms with Crippen LogP contribution in [-0.2, 0) is 0 Å². The van der Waals surface area contributed by atoms with E-state index in [4.69, 9.17) is 4.74 Å². The third-order valence-corrected chi connectivity index (χ3v) is 3.53. The van der Waals surface area contributed by atoms with Crippen LogP contribution >= 0.6 is 15.9 Å². The Balaban J connectivity index is 2.84. The minimum Gasteiger partial charge on any atom is -0.492 e. The maximum Gasteiger partial charge on any atom is 0.253 e. The standard InChI is InChI=1S/C16H24BrNO2/c1-4-9-18(10-5-2)16(19)13-7-8-15(14(17)12-13)20-11-6-3/h7-8,12H,4-6,9-11H2,1-3H3. The van der Waals surface area contributed by atoms with Gasteiger partial charge in [-0.15, -0.1) is 0 Å². The normalized spacial score (nSPS) is 10.4. The number of nitrogens with zero attached hydrogens (tertiary/aromatic N) is 1. The molecule has 0 N–H and O–H groups in total. The molecule has 4 heteroatoms. The number of hydrogen-bond acceptors (Lipinski definition) is 2. The molecule has 1 amide bonds. The molecule has 1 rings (SSSR count). The number of carbonyl (C=O) groups excluding carboxylic acids is 1. The van der Waals surface area contributed by atoms with Gasteiger partial charge in [-0.2, -0.15) is 0 Å². The van der Waals surface area contributed by atoms with Gasteiger partial charge in [0.25, 0.3) is 5.91 Å². The number of ether oxygens (including phenoxy) is 1. The number of rotatable bonds is 8. The highest BCUT2D eigenvalue weighted by molar-refractivity contribution is 9.10. The quantitative estimate of drug-likeness (QED) is 0.696. The molecular formula is C16H24BrNO2. The van der Waals surface area contributed by atoms with E-state index in [-0.39, 0.29) is 5.91 Å². The third kappa shape index (κ3) is 4.82. The Morgan fingerprint density at radius 2 is 1.80 bits per heavy atom. The first-order chi connectivity index (χ1) is 9.63. The van der Waals surface area contributed by atoms with Crippen molar-refractivity contribution in [2.45, 2.75) is 40.0 Å². The van der Waals surface area contributed by atoms with Gasteiger partial charge < -0.3 is 9.64 Å². The summed E-state index contributed by atoms with van der Waals surface area (Å²) in [5, 5.41) is 0. The van der Waals surface area contributed by atoms with E-state index in [1.54, 1.807) is 0 Å². The van der Waals surface area contributed by atoms with Gasteiger partial charge in [0.15, 0.2) is 0 Å². The highest BCUT2D eigenvalue weighted by atomic mass is 79.9. The van der Waals surface area contributed by atoms with Crippen molar-refractivity contribution in [1.29, 1.82) is 0 Å². The second-order valence-corrected chi connectivity index (χ2v) is 5.64. The summed E-state index contributed by atoms with van der Waals surface area (Å²) in [5.41, 5.74) is 0.711. The molecule has 1 aromatic rings. The summed E-state index contributed by atoms with van der Waals surface area (Å²) in [6.07, 6.45) is 2.92. The van der Waals surface area contributed by atoms with Crippen molar-refractivity contribution in [1.82, 2.24) is 4.90 Å². The van der Waals surface area contributed by atoms with Gasteiger partial charge in [-0.25, -0.2) is 0 Å². The molecule has 0 bridgehead atoms. The molecule has 20 heavy (non-hydrogen) atoms. The van der Waals surface area contributed by atoms with Crippen LogP contribution in [0.25, 0.3) is 0 Å². The first-order valence-electron chi connectivity index (χ1n) is 7.35. The van der Waals surface area contributed by atoms with E-state index >= 15 is 0 Å². The van der Waals surface area contributed by atoms with Gasteiger partial charge in [0, 0.05) is 18.7 Å². The molecule has 0 atom stereocenters. The first-order valence-corrected chi connectivity index (χ1v) is 8.14. The second kappa shape index (κ2) is 9.01. The second-order valence-electron chi connectivity index (χ2n) is 4.79. The van der Waals surface area contributed by atoms with E-state index in [0.29, 0.717) is 12.2 Å². The molecule has 0 heterocycles. The van der Waals surface area contributed by atoms with Gasteiger partial charge in [0.1, 0.15) is 5.75 Å². The number of amides is 1. The van der Waals surface area contributed by atoms with Crippen molar-refractivity contribution in [3.63, 3.8) is 0 Å². The summed E-state index contributed by atoms with van der Waals surface area (Å²) in [6, 6.07) is 5.56. The molecule has 3 nitrogen and oxygen atoms in total. The van der Waals surface area contributed by atoms with E-state index < -0.39 is 0 Å². The highest BCUT2D eigenvalue weighted by Crippen LogP contribution is 2.26. The molecule has 0 aliphatic rings. The molecule has 0 spiro atoms. The van der Waals surface area contributed by atoms with Crippen LogP contribution in [-0.4, -0.2) is 30.5 Å². The van der Waals surface area contributed by atoms with E-state index in [1.165, 1.54) is 0 Å². The van der Waals surface area contributed by atoms with Crippen LogP contribution in [0.4, 0.5) is 0 Å². The Morgan fingerprint density at radius 1 is 1.15 bits per heavy atom. The Labute approximate surface area is 130 Å². The van der Waals surface area contributed by atoms with Gasteiger partial charge in [-0.05, 0) is 53.4 Å². The maximum absolute atomic E-state index is 12.5. The fraction of sp³-hybridized carbons (Fsp3) is 0.562. The molecule has 0 aliphatic heterocycles. The predicted octanol–water partition coefficient (Wildman–Crippen LogP) is 4.50. The zero-order valence-electron chi connectivity index (χ0n) is 12.6. The SMILES string of the molecule is CCCOc1ccc(C(=O)N(CCC)CCC)cc1Br. The summed E-state index contributed by atoms with van der Waals surface area (Å²) in [7, 11) is 0. The van der Waals surface area contributed by atoms with Crippen molar-refractivity contribution < 1.29 is 9.53 Å². The molecule has 0 unspecified atom stereocenters. The smallest absolute Gasteiger partial charge is 0.253 e. The molecule has 1 aromatic carbocycles. The first kappa shape index (κ1) is 17.0. The fourth-order valence-corrected chi connectivity index (χ4v) is 2.49. The Hall–Kier alpha value is -1.03. The summed E-state index contributed by atoms with van der Waals surface area (Å²) >= 11 is 3.48. The molecular weight excluding hydrogens is 318 g/mol. The van der Waals surface area contributed by atoms with Crippen LogP contribution in [0, 0.1) is 0 Å². The Bertz CT molecular complexity index is 428. The summed E-state index contributed by atoms with van der Waals surface area (Å²) in [6.45, 7) is 8.54. The topological polar surface area (TPSA) is 29.5 Å². The van der Waals surface area contributed by atoms with E-state index in [9.17, 15) is 4.79 Å². The Kier molecular flexibility index (Phi) is 7.67. The lowest BCUT2D eigenvalue weighted by molar-refractivity contribution is 0.0755. The van der Waals surface area contributed by atoms with E-state index in [2.05, 4.69) is 36.7 Å². The number of carbonyl (C=O) groups is 1. The van der Waals surface area contributed by atoms with Crippen LogP contribution < -0.4 is 4.74 Å². The molecule has 0 aliphatic carbocycles. The molecule has 0 radical (unpaired) electrons.